The lowest BCUT2D eigenvalue weighted by Gasteiger charge is -2.31. The number of ketones is 2. The van der Waals surface area contributed by atoms with Crippen molar-refractivity contribution in [3.05, 3.63) is 89.3 Å². The Morgan fingerprint density at radius 2 is 1.76 bits per heavy atom. The lowest BCUT2D eigenvalue weighted by Crippen LogP contribution is -2.25. The van der Waals surface area contributed by atoms with E-state index in [2.05, 4.69) is 59.6 Å². The van der Waals surface area contributed by atoms with E-state index in [4.69, 9.17) is 0 Å². The highest BCUT2D eigenvalue weighted by Crippen LogP contribution is 2.45. The average molecular weight is 450 g/mol. The van der Waals surface area contributed by atoms with E-state index >= 15 is 0 Å². The zero-order chi connectivity index (χ0) is 23.1. The van der Waals surface area contributed by atoms with Crippen molar-refractivity contribution in [1.82, 2.24) is 4.98 Å². The molecule has 3 heteroatoms. The Bertz CT molecular complexity index is 1240. The number of aromatic nitrogens is 1. The van der Waals surface area contributed by atoms with Crippen LogP contribution in [-0.4, -0.2) is 16.6 Å². The molecule has 172 valence electrons. The van der Waals surface area contributed by atoms with Crippen LogP contribution in [0.3, 0.4) is 0 Å². The fourth-order valence-electron chi connectivity index (χ4n) is 6.62. The first-order valence-corrected chi connectivity index (χ1v) is 12.8. The van der Waals surface area contributed by atoms with Gasteiger partial charge in [-0.15, -0.1) is 0 Å². The van der Waals surface area contributed by atoms with Crippen LogP contribution in [0.4, 0.5) is 0 Å². The summed E-state index contributed by atoms with van der Waals surface area (Å²) < 4.78 is 0. The molecule has 3 aliphatic rings. The molecule has 0 saturated heterocycles. The van der Waals surface area contributed by atoms with Crippen LogP contribution in [0, 0.1) is 17.8 Å². The maximum absolute atomic E-state index is 13.1. The average Bonchev–Trinajstić information content (AvgIpc) is 3.64. The number of benzene rings is 2. The van der Waals surface area contributed by atoms with Crippen molar-refractivity contribution in [3.8, 4) is 11.1 Å². The van der Waals surface area contributed by atoms with Gasteiger partial charge in [-0.1, -0.05) is 54.6 Å². The number of allylic oxidation sites excluding steroid dienone is 1. The predicted octanol–water partition coefficient (Wildman–Crippen LogP) is 7.00. The van der Waals surface area contributed by atoms with Gasteiger partial charge in [-0.3, -0.25) is 9.59 Å². The molecule has 1 aromatic heterocycles. The van der Waals surface area contributed by atoms with Gasteiger partial charge in [0.15, 0.2) is 5.78 Å². The number of aromatic amines is 1. The molecule has 1 N–H and O–H groups in total. The van der Waals surface area contributed by atoms with Crippen molar-refractivity contribution in [2.45, 2.75) is 50.9 Å². The molecule has 3 aromatic rings. The highest BCUT2D eigenvalue weighted by molar-refractivity contribution is 5.96. The number of rotatable bonds is 5. The molecule has 2 fully saturated rings. The lowest BCUT2D eigenvalue weighted by molar-refractivity contribution is -0.118. The molecule has 0 radical (unpaired) electrons. The fraction of sp³-hybridized carbons (Fsp3) is 0.355. The SMILES string of the molecule is O=C(c1ccc[nH]1)C1CCC(C2CC(=O)C(c3cccc(-c4cccc5c4C=CC5)c3)C2)CC1. The number of fused-ring (bicyclic) bond motifs is 1. The molecule has 6 rings (SSSR count). The summed E-state index contributed by atoms with van der Waals surface area (Å²) in [7, 11) is 0. The van der Waals surface area contributed by atoms with E-state index in [-0.39, 0.29) is 17.6 Å². The topological polar surface area (TPSA) is 49.9 Å². The smallest absolute Gasteiger partial charge is 0.182 e. The van der Waals surface area contributed by atoms with Crippen LogP contribution in [0.15, 0.2) is 66.9 Å². The maximum atomic E-state index is 13.1. The summed E-state index contributed by atoms with van der Waals surface area (Å²) >= 11 is 0. The van der Waals surface area contributed by atoms with Gasteiger partial charge in [0.25, 0.3) is 0 Å². The summed E-state index contributed by atoms with van der Waals surface area (Å²) in [5.74, 6) is 1.79. The molecular weight excluding hydrogens is 418 g/mol. The first-order chi connectivity index (χ1) is 16.7. The fourth-order valence-corrected chi connectivity index (χ4v) is 6.62. The summed E-state index contributed by atoms with van der Waals surface area (Å²) in [6, 6.07) is 19.0. The highest BCUT2D eigenvalue weighted by atomic mass is 16.1. The Morgan fingerprint density at radius 1 is 0.912 bits per heavy atom. The normalized spacial score (nSPS) is 26.1. The molecular formula is C31H31NO2. The third kappa shape index (κ3) is 3.87. The lowest BCUT2D eigenvalue weighted by atomic mass is 9.73. The van der Waals surface area contributed by atoms with E-state index in [9.17, 15) is 9.59 Å². The summed E-state index contributed by atoms with van der Waals surface area (Å²) in [6.07, 6.45) is 12.9. The standard InChI is InChI=1S/C31H31NO2/c33-30-19-25(20-12-14-22(15-13-20)31(34)29-11-4-16-32-29)18-28(30)24-8-1-7-23(17-24)27-10-3-6-21-5-2-9-26(21)27/h1-4,6-11,16-17,20,22,25,28,32H,5,12-15,18-19H2. The second-order valence-electron chi connectivity index (χ2n) is 10.4. The van der Waals surface area contributed by atoms with Crippen LogP contribution in [-0.2, 0) is 11.2 Å². The Hall–Kier alpha value is -3.20. The van der Waals surface area contributed by atoms with Crippen molar-refractivity contribution in [1.29, 1.82) is 0 Å². The number of Topliss-reactive ketones (excluding diaryl/α,β-unsaturated/α-hetero) is 2. The molecule has 0 spiro atoms. The summed E-state index contributed by atoms with van der Waals surface area (Å²) in [6.45, 7) is 0. The van der Waals surface area contributed by atoms with Crippen LogP contribution >= 0.6 is 0 Å². The van der Waals surface area contributed by atoms with E-state index < -0.39 is 0 Å². The number of carbonyl (C=O) groups excluding carboxylic acids is 2. The van der Waals surface area contributed by atoms with Crippen molar-refractivity contribution in [3.63, 3.8) is 0 Å². The zero-order valence-electron chi connectivity index (χ0n) is 19.5. The maximum Gasteiger partial charge on any atom is 0.182 e. The van der Waals surface area contributed by atoms with Crippen molar-refractivity contribution >= 4 is 17.6 Å². The molecule has 2 atom stereocenters. The molecule has 2 saturated carbocycles. The Balaban J connectivity index is 1.14. The third-order valence-electron chi connectivity index (χ3n) is 8.48. The second-order valence-corrected chi connectivity index (χ2v) is 10.4. The Kier molecular flexibility index (Phi) is 5.57. The predicted molar refractivity (Wildman–Crippen MR) is 136 cm³/mol. The van der Waals surface area contributed by atoms with Crippen LogP contribution in [0.25, 0.3) is 17.2 Å². The number of H-pyrrole nitrogens is 1. The van der Waals surface area contributed by atoms with Gasteiger partial charge in [0.05, 0.1) is 5.69 Å². The number of hydrogen-bond acceptors (Lipinski definition) is 2. The van der Waals surface area contributed by atoms with E-state index in [1.54, 1.807) is 0 Å². The zero-order valence-corrected chi connectivity index (χ0v) is 19.5. The minimum Gasteiger partial charge on any atom is -0.359 e. The first kappa shape index (κ1) is 21.3. The van der Waals surface area contributed by atoms with E-state index in [0.29, 0.717) is 24.0 Å². The molecule has 0 bridgehead atoms. The second kappa shape index (κ2) is 8.87. The molecule has 0 aliphatic heterocycles. The van der Waals surface area contributed by atoms with Gasteiger partial charge in [0, 0.05) is 24.5 Å². The molecule has 0 amide bonds. The largest absolute Gasteiger partial charge is 0.359 e. The number of hydrogen-bond donors (Lipinski definition) is 1. The van der Waals surface area contributed by atoms with Gasteiger partial charge in [-0.2, -0.15) is 0 Å². The molecule has 3 aliphatic carbocycles. The van der Waals surface area contributed by atoms with Gasteiger partial charge < -0.3 is 4.98 Å². The van der Waals surface area contributed by atoms with Gasteiger partial charge in [0.2, 0.25) is 0 Å². The molecule has 34 heavy (non-hydrogen) atoms. The number of nitrogens with one attached hydrogen (secondary N) is 1. The van der Waals surface area contributed by atoms with Gasteiger partial charge in [0.1, 0.15) is 5.78 Å². The summed E-state index contributed by atoms with van der Waals surface area (Å²) in [5.41, 5.74) is 7.08. The first-order valence-electron chi connectivity index (χ1n) is 12.8. The molecule has 2 aromatic carbocycles. The van der Waals surface area contributed by atoms with E-state index in [1.807, 2.05) is 18.3 Å². The molecule has 2 unspecified atom stereocenters. The highest BCUT2D eigenvalue weighted by Gasteiger charge is 2.39. The van der Waals surface area contributed by atoms with Crippen LogP contribution in [0.1, 0.15) is 71.6 Å². The van der Waals surface area contributed by atoms with Gasteiger partial charge >= 0.3 is 0 Å². The van der Waals surface area contributed by atoms with Crippen LogP contribution < -0.4 is 0 Å². The quantitative estimate of drug-likeness (QED) is 0.426. The summed E-state index contributed by atoms with van der Waals surface area (Å²) in [5, 5.41) is 0. The van der Waals surface area contributed by atoms with Crippen molar-refractivity contribution < 1.29 is 9.59 Å². The minimum absolute atomic E-state index is 0.00975. The summed E-state index contributed by atoms with van der Waals surface area (Å²) in [4.78, 5) is 28.9. The third-order valence-corrected chi connectivity index (χ3v) is 8.48. The Morgan fingerprint density at radius 3 is 2.59 bits per heavy atom. The van der Waals surface area contributed by atoms with E-state index in [0.717, 1.165) is 44.2 Å². The van der Waals surface area contributed by atoms with Crippen molar-refractivity contribution in [2.24, 2.45) is 17.8 Å². The number of carbonyl (C=O) groups is 2. The molecule has 3 nitrogen and oxygen atoms in total. The van der Waals surface area contributed by atoms with Gasteiger partial charge in [-0.05, 0) is 90.3 Å². The Labute approximate surface area is 201 Å². The van der Waals surface area contributed by atoms with Crippen LogP contribution in [0.2, 0.25) is 0 Å². The van der Waals surface area contributed by atoms with E-state index in [1.165, 1.54) is 27.8 Å². The van der Waals surface area contributed by atoms with Crippen molar-refractivity contribution in [2.75, 3.05) is 0 Å². The van der Waals surface area contributed by atoms with Gasteiger partial charge in [-0.25, -0.2) is 0 Å². The van der Waals surface area contributed by atoms with Crippen LogP contribution in [0.5, 0.6) is 0 Å². The minimum atomic E-state index is 0.00975. The molecule has 1 heterocycles. The monoisotopic (exact) mass is 449 g/mol.